The Balaban J connectivity index is 2.09. The second-order valence-corrected chi connectivity index (χ2v) is 5.02. The Bertz CT molecular complexity index is 889. The van der Waals surface area contributed by atoms with Crippen molar-refractivity contribution in [2.24, 2.45) is 0 Å². The van der Waals surface area contributed by atoms with Crippen LogP contribution in [0.15, 0.2) is 48.5 Å². The number of methoxy groups -OCH3 is 1. The largest absolute Gasteiger partial charge is 0.506 e. The monoisotopic (exact) mass is 309 g/mol. The van der Waals surface area contributed by atoms with Crippen LogP contribution in [0.4, 0.5) is 0 Å². The molecule has 5 heteroatoms. The lowest BCUT2D eigenvalue weighted by atomic mass is 10.1. The SMILES string of the molecule is COc1cccc(Oc2cccc3cc(O)c(C(C)=O)nc23)c1. The molecule has 3 aromatic rings. The molecule has 0 amide bonds. The van der Waals surface area contributed by atoms with Gasteiger partial charge in [-0.05, 0) is 24.3 Å². The van der Waals surface area contributed by atoms with E-state index in [9.17, 15) is 9.90 Å². The molecule has 1 heterocycles. The summed E-state index contributed by atoms with van der Waals surface area (Å²) in [7, 11) is 1.58. The first-order valence-corrected chi connectivity index (χ1v) is 7.04. The molecule has 1 aromatic heterocycles. The normalized spacial score (nSPS) is 10.5. The molecule has 0 saturated carbocycles. The molecule has 0 aliphatic carbocycles. The van der Waals surface area contributed by atoms with E-state index in [1.54, 1.807) is 37.4 Å². The number of ether oxygens (including phenoxy) is 2. The van der Waals surface area contributed by atoms with Crippen LogP contribution in [0.1, 0.15) is 17.4 Å². The molecular weight excluding hydrogens is 294 g/mol. The molecule has 0 fully saturated rings. The van der Waals surface area contributed by atoms with Gasteiger partial charge in [0.15, 0.2) is 11.5 Å². The van der Waals surface area contributed by atoms with Gasteiger partial charge in [-0.2, -0.15) is 0 Å². The standard InChI is InChI=1S/C18H15NO4/c1-11(20)17-15(21)9-12-5-3-8-16(18(12)19-17)23-14-7-4-6-13(10-14)22-2/h3-10,21H,1-2H3. The van der Waals surface area contributed by atoms with Crippen LogP contribution in [-0.4, -0.2) is 23.0 Å². The van der Waals surface area contributed by atoms with E-state index in [1.165, 1.54) is 13.0 Å². The van der Waals surface area contributed by atoms with E-state index in [0.717, 1.165) is 0 Å². The topological polar surface area (TPSA) is 68.7 Å². The number of carbonyl (C=O) groups is 1. The minimum Gasteiger partial charge on any atom is -0.506 e. The molecule has 2 aromatic carbocycles. The maximum Gasteiger partial charge on any atom is 0.181 e. The van der Waals surface area contributed by atoms with Crippen molar-refractivity contribution in [2.75, 3.05) is 7.11 Å². The summed E-state index contributed by atoms with van der Waals surface area (Å²) in [4.78, 5) is 15.8. The lowest BCUT2D eigenvalue weighted by Gasteiger charge is -2.10. The van der Waals surface area contributed by atoms with Crippen molar-refractivity contribution < 1.29 is 19.4 Å². The number of fused-ring (bicyclic) bond motifs is 1. The highest BCUT2D eigenvalue weighted by Gasteiger charge is 2.13. The van der Waals surface area contributed by atoms with Gasteiger partial charge in [0, 0.05) is 18.4 Å². The zero-order valence-corrected chi connectivity index (χ0v) is 12.7. The molecule has 0 aliphatic rings. The van der Waals surface area contributed by atoms with E-state index in [0.29, 0.717) is 28.2 Å². The van der Waals surface area contributed by atoms with Crippen LogP contribution in [0.2, 0.25) is 0 Å². The van der Waals surface area contributed by atoms with E-state index in [2.05, 4.69) is 4.98 Å². The number of ketones is 1. The number of pyridine rings is 1. The van der Waals surface area contributed by atoms with Gasteiger partial charge in [-0.25, -0.2) is 4.98 Å². The van der Waals surface area contributed by atoms with Crippen LogP contribution in [0, 0.1) is 0 Å². The van der Waals surface area contributed by atoms with Gasteiger partial charge in [0.05, 0.1) is 7.11 Å². The van der Waals surface area contributed by atoms with Gasteiger partial charge in [-0.1, -0.05) is 18.2 Å². The van der Waals surface area contributed by atoms with Gasteiger partial charge in [0.25, 0.3) is 0 Å². The third-order valence-electron chi connectivity index (χ3n) is 3.39. The van der Waals surface area contributed by atoms with Crippen LogP contribution >= 0.6 is 0 Å². The molecule has 0 radical (unpaired) electrons. The van der Waals surface area contributed by atoms with Gasteiger partial charge >= 0.3 is 0 Å². The average molecular weight is 309 g/mol. The van der Waals surface area contributed by atoms with Crippen LogP contribution in [-0.2, 0) is 0 Å². The highest BCUT2D eigenvalue weighted by atomic mass is 16.5. The lowest BCUT2D eigenvalue weighted by molar-refractivity contribution is 0.101. The number of rotatable bonds is 4. The highest BCUT2D eigenvalue weighted by Crippen LogP contribution is 2.32. The summed E-state index contributed by atoms with van der Waals surface area (Å²) in [6, 6.07) is 14.1. The average Bonchev–Trinajstić information content (AvgIpc) is 2.54. The Hall–Kier alpha value is -3.08. The molecule has 0 unspecified atom stereocenters. The van der Waals surface area contributed by atoms with Gasteiger partial charge in [0.2, 0.25) is 0 Å². The summed E-state index contributed by atoms with van der Waals surface area (Å²) < 4.78 is 11.0. The number of aromatic nitrogens is 1. The summed E-state index contributed by atoms with van der Waals surface area (Å²) in [6.45, 7) is 1.36. The van der Waals surface area contributed by atoms with Crippen molar-refractivity contribution in [3.05, 3.63) is 54.2 Å². The minimum absolute atomic E-state index is 0.0270. The van der Waals surface area contributed by atoms with Gasteiger partial charge in [0.1, 0.15) is 28.5 Å². The van der Waals surface area contributed by atoms with Crippen LogP contribution in [0.25, 0.3) is 10.9 Å². The lowest BCUT2D eigenvalue weighted by Crippen LogP contribution is -1.98. The number of hydrogen-bond acceptors (Lipinski definition) is 5. The van der Waals surface area contributed by atoms with Crippen molar-refractivity contribution >= 4 is 16.7 Å². The third kappa shape index (κ3) is 2.94. The Morgan fingerprint density at radius 3 is 2.57 bits per heavy atom. The van der Waals surface area contributed by atoms with Crippen molar-refractivity contribution in [1.29, 1.82) is 0 Å². The summed E-state index contributed by atoms with van der Waals surface area (Å²) in [6.07, 6.45) is 0. The quantitative estimate of drug-likeness (QED) is 0.739. The van der Waals surface area contributed by atoms with Crippen molar-refractivity contribution in [3.63, 3.8) is 0 Å². The summed E-state index contributed by atoms with van der Waals surface area (Å²) in [5.74, 6) is 1.33. The van der Waals surface area contributed by atoms with E-state index in [1.807, 2.05) is 12.1 Å². The van der Waals surface area contributed by atoms with E-state index >= 15 is 0 Å². The molecule has 23 heavy (non-hydrogen) atoms. The zero-order chi connectivity index (χ0) is 16.4. The molecule has 0 atom stereocenters. The van der Waals surface area contributed by atoms with Crippen molar-refractivity contribution in [1.82, 2.24) is 4.98 Å². The van der Waals surface area contributed by atoms with E-state index < -0.39 is 0 Å². The maximum absolute atomic E-state index is 11.6. The van der Waals surface area contributed by atoms with Gasteiger partial charge in [-0.3, -0.25) is 4.79 Å². The highest BCUT2D eigenvalue weighted by molar-refractivity contribution is 5.98. The molecular formula is C18H15NO4. The number of para-hydroxylation sites is 1. The first kappa shape index (κ1) is 14.8. The molecule has 0 bridgehead atoms. The second-order valence-electron chi connectivity index (χ2n) is 5.02. The zero-order valence-electron chi connectivity index (χ0n) is 12.7. The Labute approximate surface area is 133 Å². The summed E-state index contributed by atoms with van der Waals surface area (Å²) in [5.41, 5.74) is 0.539. The molecule has 5 nitrogen and oxygen atoms in total. The fourth-order valence-electron chi connectivity index (χ4n) is 2.29. The number of benzene rings is 2. The van der Waals surface area contributed by atoms with Crippen LogP contribution in [0.5, 0.6) is 23.0 Å². The predicted molar refractivity (Wildman–Crippen MR) is 86.5 cm³/mol. The number of aromatic hydroxyl groups is 1. The third-order valence-corrected chi connectivity index (χ3v) is 3.39. The summed E-state index contributed by atoms with van der Waals surface area (Å²) in [5, 5.41) is 10.6. The summed E-state index contributed by atoms with van der Waals surface area (Å²) >= 11 is 0. The van der Waals surface area contributed by atoms with E-state index in [4.69, 9.17) is 9.47 Å². The fourth-order valence-corrected chi connectivity index (χ4v) is 2.29. The molecule has 116 valence electrons. The van der Waals surface area contributed by atoms with Gasteiger partial charge < -0.3 is 14.6 Å². The number of Topliss-reactive ketones (excluding diaryl/α,β-unsaturated/α-hetero) is 1. The van der Waals surface area contributed by atoms with Crippen molar-refractivity contribution in [3.8, 4) is 23.0 Å². The molecule has 3 rings (SSSR count). The molecule has 0 aliphatic heterocycles. The molecule has 0 saturated heterocycles. The molecule has 0 spiro atoms. The van der Waals surface area contributed by atoms with E-state index in [-0.39, 0.29) is 17.2 Å². The Morgan fingerprint density at radius 2 is 1.83 bits per heavy atom. The van der Waals surface area contributed by atoms with Gasteiger partial charge in [-0.15, -0.1) is 0 Å². The van der Waals surface area contributed by atoms with Crippen molar-refractivity contribution in [2.45, 2.75) is 6.92 Å². The Morgan fingerprint density at radius 1 is 1.09 bits per heavy atom. The smallest absolute Gasteiger partial charge is 0.181 e. The fraction of sp³-hybridized carbons (Fsp3) is 0.111. The number of carbonyl (C=O) groups excluding carboxylic acids is 1. The van der Waals surface area contributed by atoms with Crippen LogP contribution < -0.4 is 9.47 Å². The second kappa shape index (κ2) is 5.96. The predicted octanol–water partition coefficient (Wildman–Crippen LogP) is 3.94. The number of nitrogens with zero attached hydrogens (tertiary/aromatic N) is 1. The molecule has 1 N–H and O–H groups in total. The number of hydrogen-bond donors (Lipinski definition) is 1. The Kier molecular flexibility index (Phi) is 3.85. The van der Waals surface area contributed by atoms with Crippen LogP contribution in [0.3, 0.4) is 0 Å². The maximum atomic E-state index is 11.6. The first-order valence-electron chi connectivity index (χ1n) is 7.04. The minimum atomic E-state index is -0.305. The first-order chi connectivity index (χ1) is 11.1.